The molecular weight excluding hydrogens is 288 g/mol. The van der Waals surface area contributed by atoms with Gasteiger partial charge in [-0.15, -0.1) is 12.4 Å². The van der Waals surface area contributed by atoms with Crippen LogP contribution in [0.4, 0.5) is 0 Å². The summed E-state index contributed by atoms with van der Waals surface area (Å²) in [6.07, 6.45) is 3.22. The lowest BCUT2D eigenvalue weighted by molar-refractivity contribution is 0.515. The fourth-order valence-corrected chi connectivity index (χ4v) is 2.81. The predicted molar refractivity (Wildman–Crippen MR) is 87.9 cm³/mol. The largest absolute Gasteiger partial charge is 0.369 e. The van der Waals surface area contributed by atoms with E-state index in [0.29, 0.717) is 0 Å². The molecule has 0 fully saturated rings. The van der Waals surface area contributed by atoms with Crippen molar-refractivity contribution >= 4 is 24.3 Å². The Morgan fingerprint density at radius 2 is 1.95 bits per heavy atom. The minimum atomic E-state index is -0.215. The predicted octanol–water partition coefficient (Wildman–Crippen LogP) is 1.61. The van der Waals surface area contributed by atoms with Crippen LogP contribution in [0.2, 0.25) is 0 Å². The van der Waals surface area contributed by atoms with E-state index in [2.05, 4.69) is 42.1 Å². The lowest BCUT2D eigenvalue weighted by atomic mass is 9.84. The molecule has 116 valence electrons. The van der Waals surface area contributed by atoms with Crippen LogP contribution in [0.5, 0.6) is 0 Å². The van der Waals surface area contributed by atoms with Crippen LogP contribution in [0.25, 0.3) is 0 Å². The van der Waals surface area contributed by atoms with E-state index in [9.17, 15) is 0 Å². The van der Waals surface area contributed by atoms with Crippen molar-refractivity contribution in [1.82, 2.24) is 16.2 Å². The third-order valence-electron chi connectivity index (χ3n) is 3.59. The zero-order valence-corrected chi connectivity index (χ0v) is 13.2. The summed E-state index contributed by atoms with van der Waals surface area (Å²) in [5.74, 6) is -0.0931. The Kier molecular flexibility index (Phi) is 5.84. The average molecular weight is 311 g/mol. The molecule has 7 heteroatoms. The number of nitrogens with one attached hydrogen (secondary N) is 5. The second-order valence-electron chi connectivity index (χ2n) is 5.28. The molecule has 0 heterocycles. The number of hydrazine groups is 1. The van der Waals surface area contributed by atoms with Crippen molar-refractivity contribution in [1.29, 1.82) is 10.8 Å². The van der Waals surface area contributed by atoms with Crippen LogP contribution in [-0.4, -0.2) is 11.9 Å². The van der Waals surface area contributed by atoms with Crippen molar-refractivity contribution < 1.29 is 0 Å². The van der Waals surface area contributed by atoms with Gasteiger partial charge in [0.15, 0.2) is 0 Å². The number of benzene rings is 1. The molecule has 0 bridgehead atoms. The van der Waals surface area contributed by atoms with Crippen LogP contribution in [0.15, 0.2) is 12.1 Å². The molecule has 21 heavy (non-hydrogen) atoms. The highest BCUT2D eigenvalue weighted by molar-refractivity contribution is 5.85. The monoisotopic (exact) mass is 310 g/mol. The summed E-state index contributed by atoms with van der Waals surface area (Å²) in [4.78, 5) is 0. The normalized spacial score (nSPS) is 16.2. The maximum absolute atomic E-state index is 7.83. The quantitative estimate of drug-likeness (QED) is 0.269. The second kappa shape index (κ2) is 7.17. The minimum Gasteiger partial charge on any atom is -0.369 e. The maximum Gasteiger partial charge on any atom is 0.208 e. The molecule has 0 aromatic heterocycles. The van der Waals surface area contributed by atoms with Crippen LogP contribution in [0, 0.1) is 24.7 Å². The van der Waals surface area contributed by atoms with Crippen molar-refractivity contribution in [2.75, 3.05) is 0 Å². The number of aryl methyl sites for hydroxylation is 2. The summed E-state index contributed by atoms with van der Waals surface area (Å²) in [6.45, 7) is 4.24. The summed E-state index contributed by atoms with van der Waals surface area (Å²) in [7, 11) is 0. The first kappa shape index (κ1) is 17.1. The third-order valence-corrected chi connectivity index (χ3v) is 3.59. The SMILES string of the molecule is Cc1cc(C)c2c(c1)C(NC(=N)NNC(=N)N)CCC2.Cl. The number of hydrogen-bond acceptors (Lipinski definition) is 2. The molecule has 1 unspecified atom stereocenters. The van der Waals surface area contributed by atoms with Crippen molar-refractivity contribution in [2.45, 2.75) is 39.2 Å². The van der Waals surface area contributed by atoms with Crippen molar-refractivity contribution in [3.05, 3.63) is 34.4 Å². The highest BCUT2D eigenvalue weighted by Crippen LogP contribution is 2.32. The van der Waals surface area contributed by atoms with E-state index in [-0.39, 0.29) is 30.4 Å². The first-order valence-electron chi connectivity index (χ1n) is 6.78. The lowest BCUT2D eigenvalue weighted by Crippen LogP contribution is -2.50. The fourth-order valence-electron chi connectivity index (χ4n) is 2.81. The van der Waals surface area contributed by atoms with Crippen molar-refractivity contribution in [3.8, 4) is 0 Å². The number of guanidine groups is 2. The van der Waals surface area contributed by atoms with Gasteiger partial charge in [-0.25, -0.2) is 0 Å². The molecule has 0 aliphatic heterocycles. The molecule has 6 nitrogen and oxygen atoms in total. The van der Waals surface area contributed by atoms with Gasteiger partial charge in [-0.3, -0.25) is 21.7 Å². The lowest BCUT2D eigenvalue weighted by Gasteiger charge is -2.29. The highest BCUT2D eigenvalue weighted by atomic mass is 35.5. The number of nitrogens with two attached hydrogens (primary N) is 1. The van der Waals surface area contributed by atoms with Crippen LogP contribution in [0.1, 0.15) is 41.1 Å². The molecule has 1 aliphatic rings. The minimum absolute atomic E-state index is 0. The molecule has 1 aromatic rings. The van der Waals surface area contributed by atoms with Crippen LogP contribution >= 0.6 is 12.4 Å². The van der Waals surface area contributed by atoms with Gasteiger partial charge in [-0.05, 0) is 49.8 Å². The van der Waals surface area contributed by atoms with Gasteiger partial charge < -0.3 is 11.1 Å². The van der Waals surface area contributed by atoms with Crippen molar-refractivity contribution in [2.24, 2.45) is 5.73 Å². The van der Waals surface area contributed by atoms with Crippen molar-refractivity contribution in [3.63, 3.8) is 0 Å². The van der Waals surface area contributed by atoms with Gasteiger partial charge in [0.1, 0.15) is 0 Å². The van der Waals surface area contributed by atoms with Crippen LogP contribution in [-0.2, 0) is 6.42 Å². The number of fused-ring (bicyclic) bond motifs is 1. The third kappa shape index (κ3) is 4.26. The van der Waals surface area contributed by atoms with Gasteiger partial charge in [0.25, 0.3) is 0 Å². The molecular formula is C14H23ClN6. The van der Waals surface area contributed by atoms with Crippen LogP contribution in [0.3, 0.4) is 0 Å². The number of halogens is 1. The molecule has 1 aromatic carbocycles. The molecule has 0 amide bonds. The van der Waals surface area contributed by atoms with Gasteiger partial charge >= 0.3 is 0 Å². The Morgan fingerprint density at radius 3 is 2.62 bits per heavy atom. The summed E-state index contributed by atoms with van der Waals surface area (Å²) in [5.41, 5.74) is 15.4. The second-order valence-corrected chi connectivity index (χ2v) is 5.28. The Labute approximate surface area is 131 Å². The maximum atomic E-state index is 7.83. The molecule has 1 atom stereocenters. The standard InChI is InChI=1S/C14H22N6.ClH/c1-8-6-9(2)10-4-3-5-12(11(10)7-8)18-14(17)20-19-13(15)16;/h6-7,12H,3-5H2,1-2H3,(H4,15,16,19)(H3,17,18,20);1H. The van der Waals surface area contributed by atoms with Gasteiger partial charge in [-0.2, -0.15) is 0 Å². The van der Waals surface area contributed by atoms with E-state index in [1.807, 2.05) is 0 Å². The molecule has 0 saturated carbocycles. The Bertz CT molecular complexity index is 543. The summed E-state index contributed by atoms with van der Waals surface area (Å²) < 4.78 is 0. The van der Waals surface area contributed by atoms with E-state index >= 15 is 0 Å². The van der Waals surface area contributed by atoms with E-state index in [1.165, 1.54) is 22.3 Å². The van der Waals surface area contributed by atoms with E-state index in [1.54, 1.807) is 0 Å². The molecule has 0 radical (unpaired) electrons. The summed E-state index contributed by atoms with van der Waals surface area (Å²) >= 11 is 0. The topological polar surface area (TPSA) is 110 Å². The number of hydrogen-bond donors (Lipinski definition) is 6. The number of rotatable bonds is 1. The molecule has 0 saturated heterocycles. The zero-order chi connectivity index (χ0) is 14.7. The smallest absolute Gasteiger partial charge is 0.208 e. The van der Waals surface area contributed by atoms with Gasteiger partial charge in [-0.1, -0.05) is 17.7 Å². The molecule has 1 aliphatic carbocycles. The van der Waals surface area contributed by atoms with E-state index in [0.717, 1.165) is 19.3 Å². The van der Waals surface area contributed by atoms with Gasteiger partial charge in [0.05, 0.1) is 6.04 Å². The Hall–Kier alpha value is -1.95. The highest BCUT2D eigenvalue weighted by Gasteiger charge is 2.22. The average Bonchev–Trinajstić information content (AvgIpc) is 2.37. The summed E-state index contributed by atoms with van der Waals surface area (Å²) in [5, 5.41) is 18.0. The van der Waals surface area contributed by atoms with E-state index < -0.39 is 0 Å². The Balaban J connectivity index is 0.00000220. The van der Waals surface area contributed by atoms with Gasteiger partial charge in [0.2, 0.25) is 11.9 Å². The zero-order valence-electron chi connectivity index (χ0n) is 12.3. The van der Waals surface area contributed by atoms with Crippen LogP contribution < -0.4 is 21.9 Å². The summed E-state index contributed by atoms with van der Waals surface area (Å²) in [6, 6.07) is 4.54. The molecule has 2 rings (SSSR count). The molecule has 7 N–H and O–H groups in total. The fraction of sp³-hybridized carbons (Fsp3) is 0.429. The first-order chi connectivity index (χ1) is 9.47. The Morgan fingerprint density at radius 1 is 1.24 bits per heavy atom. The molecule has 0 spiro atoms. The van der Waals surface area contributed by atoms with Gasteiger partial charge in [0, 0.05) is 0 Å². The van der Waals surface area contributed by atoms with E-state index in [4.69, 9.17) is 16.6 Å². The first-order valence-corrected chi connectivity index (χ1v) is 6.78.